The molecule has 156 valence electrons. The Kier molecular flexibility index (Phi) is 5.30. The molecule has 1 atom stereocenters. The van der Waals surface area contributed by atoms with E-state index in [-0.39, 0.29) is 28.2 Å². The molecule has 7 heteroatoms. The standard InChI is InChI=1S/C23H23FN2O4/c1-4-29-16-7-5-6-14(12-16)20-19-21(27)17-13-15(24)8-9-18(17)30-22(19)23(28)26(20)11-10-25(2)3/h5-9,12-13,20H,4,10-11H2,1-3H3. The molecule has 0 radical (unpaired) electrons. The summed E-state index contributed by atoms with van der Waals surface area (Å²) < 4.78 is 25.2. The number of likely N-dealkylation sites (N-methyl/N-ethyl adjacent to an activating group) is 1. The topological polar surface area (TPSA) is 63.0 Å². The molecule has 1 aliphatic rings. The van der Waals surface area contributed by atoms with Crippen LogP contribution >= 0.6 is 0 Å². The molecular formula is C23H23FN2O4. The fourth-order valence-electron chi connectivity index (χ4n) is 3.82. The van der Waals surface area contributed by atoms with Crippen LogP contribution in [-0.4, -0.2) is 49.5 Å². The van der Waals surface area contributed by atoms with Crippen molar-refractivity contribution in [1.82, 2.24) is 9.80 Å². The minimum Gasteiger partial charge on any atom is -0.494 e. The first-order chi connectivity index (χ1) is 14.4. The molecule has 0 aliphatic carbocycles. The van der Waals surface area contributed by atoms with Crippen LogP contribution in [0.2, 0.25) is 0 Å². The minimum absolute atomic E-state index is 0.0182. The monoisotopic (exact) mass is 410 g/mol. The van der Waals surface area contributed by atoms with Crippen molar-refractivity contribution in [2.75, 3.05) is 33.8 Å². The summed E-state index contributed by atoms with van der Waals surface area (Å²) >= 11 is 0. The van der Waals surface area contributed by atoms with Crippen LogP contribution in [0.5, 0.6) is 5.75 Å². The average molecular weight is 410 g/mol. The molecule has 2 aromatic carbocycles. The molecule has 30 heavy (non-hydrogen) atoms. The van der Waals surface area contributed by atoms with E-state index in [9.17, 15) is 14.0 Å². The lowest BCUT2D eigenvalue weighted by molar-refractivity contribution is 0.0716. The smallest absolute Gasteiger partial charge is 0.290 e. The first-order valence-corrected chi connectivity index (χ1v) is 9.85. The zero-order valence-corrected chi connectivity index (χ0v) is 17.1. The van der Waals surface area contributed by atoms with Crippen LogP contribution in [0.15, 0.2) is 51.7 Å². The first-order valence-electron chi connectivity index (χ1n) is 9.85. The molecule has 0 bridgehead atoms. The Bertz CT molecular complexity index is 1170. The van der Waals surface area contributed by atoms with E-state index in [0.717, 1.165) is 11.6 Å². The summed E-state index contributed by atoms with van der Waals surface area (Å²) in [4.78, 5) is 30.2. The number of hydrogen-bond donors (Lipinski definition) is 0. The highest BCUT2D eigenvalue weighted by Gasteiger charge is 2.42. The van der Waals surface area contributed by atoms with Gasteiger partial charge in [0.25, 0.3) is 5.91 Å². The van der Waals surface area contributed by atoms with Crippen molar-refractivity contribution in [3.8, 4) is 5.75 Å². The van der Waals surface area contributed by atoms with Crippen LogP contribution in [0.4, 0.5) is 4.39 Å². The highest BCUT2D eigenvalue weighted by atomic mass is 19.1. The first kappa shape index (κ1) is 20.1. The second-order valence-corrected chi connectivity index (χ2v) is 7.52. The number of fused-ring (bicyclic) bond motifs is 2. The number of amides is 1. The Morgan fingerprint density at radius 1 is 1.17 bits per heavy atom. The Labute approximate surface area is 173 Å². The van der Waals surface area contributed by atoms with Crippen LogP contribution in [0, 0.1) is 5.82 Å². The quantitative estimate of drug-likeness (QED) is 0.623. The van der Waals surface area contributed by atoms with E-state index in [1.807, 2.05) is 50.2 Å². The molecule has 2 heterocycles. The summed E-state index contributed by atoms with van der Waals surface area (Å²) in [6.45, 7) is 3.41. The second kappa shape index (κ2) is 7.91. The zero-order valence-electron chi connectivity index (χ0n) is 17.1. The molecule has 0 spiro atoms. The largest absolute Gasteiger partial charge is 0.494 e. The fraction of sp³-hybridized carbons (Fsp3) is 0.304. The summed E-state index contributed by atoms with van der Waals surface area (Å²) in [6, 6.07) is 10.5. The van der Waals surface area contributed by atoms with Gasteiger partial charge in [0, 0.05) is 13.1 Å². The van der Waals surface area contributed by atoms with Gasteiger partial charge in [-0.2, -0.15) is 0 Å². The Morgan fingerprint density at radius 2 is 1.97 bits per heavy atom. The normalized spacial score (nSPS) is 15.8. The number of ether oxygens (including phenoxy) is 1. The summed E-state index contributed by atoms with van der Waals surface area (Å²) in [7, 11) is 3.83. The lowest BCUT2D eigenvalue weighted by Gasteiger charge is -2.26. The van der Waals surface area contributed by atoms with Gasteiger partial charge in [0.15, 0.2) is 5.43 Å². The molecule has 0 N–H and O–H groups in total. The molecule has 0 fully saturated rings. The van der Waals surface area contributed by atoms with Gasteiger partial charge in [-0.05, 0) is 56.9 Å². The van der Waals surface area contributed by atoms with Gasteiger partial charge >= 0.3 is 0 Å². The van der Waals surface area contributed by atoms with Crippen LogP contribution < -0.4 is 10.2 Å². The predicted molar refractivity (Wildman–Crippen MR) is 111 cm³/mol. The molecular weight excluding hydrogens is 387 g/mol. The van der Waals surface area contributed by atoms with Gasteiger partial charge in [-0.15, -0.1) is 0 Å². The van der Waals surface area contributed by atoms with Crippen molar-refractivity contribution < 1.29 is 18.3 Å². The average Bonchev–Trinajstić information content (AvgIpc) is 3.00. The number of nitrogens with zero attached hydrogens (tertiary/aromatic N) is 2. The number of hydrogen-bond acceptors (Lipinski definition) is 5. The third-order valence-electron chi connectivity index (χ3n) is 5.20. The van der Waals surface area contributed by atoms with Gasteiger partial charge in [-0.25, -0.2) is 4.39 Å². The van der Waals surface area contributed by atoms with Crippen LogP contribution in [-0.2, 0) is 0 Å². The lowest BCUT2D eigenvalue weighted by Crippen LogP contribution is -2.35. The molecule has 3 aromatic rings. The van der Waals surface area contributed by atoms with Crippen LogP contribution in [0.1, 0.15) is 34.6 Å². The second-order valence-electron chi connectivity index (χ2n) is 7.52. The molecule has 1 aliphatic heterocycles. The van der Waals surface area contributed by atoms with E-state index in [2.05, 4.69) is 0 Å². The maximum atomic E-state index is 13.8. The van der Waals surface area contributed by atoms with Gasteiger partial charge in [0.2, 0.25) is 5.76 Å². The molecule has 0 saturated heterocycles. The minimum atomic E-state index is -0.628. The van der Waals surface area contributed by atoms with E-state index in [1.165, 1.54) is 12.1 Å². The molecule has 4 rings (SSSR count). The van der Waals surface area contributed by atoms with E-state index in [4.69, 9.17) is 9.15 Å². The molecule has 6 nitrogen and oxygen atoms in total. The van der Waals surface area contributed by atoms with E-state index >= 15 is 0 Å². The fourth-order valence-corrected chi connectivity index (χ4v) is 3.82. The molecule has 1 amide bonds. The summed E-state index contributed by atoms with van der Waals surface area (Å²) in [5, 5.41) is 0.127. The van der Waals surface area contributed by atoms with Crippen molar-refractivity contribution in [2.24, 2.45) is 0 Å². The Balaban J connectivity index is 1.92. The maximum Gasteiger partial charge on any atom is 0.290 e. The molecule has 1 unspecified atom stereocenters. The number of carbonyl (C=O) groups excluding carboxylic acids is 1. The third-order valence-corrected chi connectivity index (χ3v) is 5.20. The Hall–Kier alpha value is -3.19. The number of carbonyl (C=O) groups is 1. The SMILES string of the molecule is CCOc1cccc(C2c3c(oc4ccc(F)cc4c3=O)C(=O)N2CCN(C)C)c1. The third kappa shape index (κ3) is 3.45. The molecule has 0 saturated carbocycles. The van der Waals surface area contributed by atoms with E-state index in [0.29, 0.717) is 25.4 Å². The van der Waals surface area contributed by atoms with Crippen molar-refractivity contribution in [3.63, 3.8) is 0 Å². The Morgan fingerprint density at radius 3 is 2.70 bits per heavy atom. The van der Waals surface area contributed by atoms with E-state index in [1.54, 1.807) is 4.90 Å². The number of benzene rings is 2. The maximum absolute atomic E-state index is 13.8. The van der Waals surface area contributed by atoms with Crippen molar-refractivity contribution in [3.05, 3.63) is 75.4 Å². The molecule has 1 aromatic heterocycles. The van der Waals surface area contributed by atoms with Crippen molar-refractivity contribution >= 4 is 16.9 Å². The summed E-state index contributed by atoms with van der Waals surface area (Å²) in [6.07, 6.45) is 0. The van der Waals surface area contributed by atoms with Crippen LogP contribution in [0.3, 0.4) is 0 Å². The summed E-state index contributed by atoms with van der Waals surface area (Å²) in [5.41, 5.74) is 0.795. The van der Waals surface area contributed by atoms with Gasteiger partial charge in [-0.1, -0.05) is 12.1 Å². The van der Waals surface area contributed by atoms with Crippen LogP contribution in [0.25, 0.3) is 11.0 Å². The van der Waals surface area contributed by atoms with Gasteiger partial charge in [-0.3, -0.25) is 9.59 Å². The number of rotatable bonds is 6. The highest BCUT2D eigenvalue weighted by molar-refractivity contribution is 5.99. The summed E-state index contributed by atoms with van der Waals surface area (Å²) in [5.74, 6) is -0.204. The highest BCUT2D eigenvalue weighted by Crippen LogP contribution is 2.38. The van der Waals surface area contributed by atoms with Gasteiger partial charge in [0.1, 0.15) is 17.1 Å². The zero-order chi connectivity index (χ0) is 21.4. The van der Waals surface area contributed by atoms with Crippen molar-refractivity contribution in [2.45, 2.75) is 13.0 Å². The van der Waals surface area contributed by atoms with E-state index < -0.39 is 17.3 Å². The van der Waals surface area contributed by atoms with Gasteiger partial charge < -0.3 is 19.0 Å². The number of halogens is 1. The predicted octanol–water partition coefficient (Wildman–Crippen LogP) is 3.44. The van der Waals surface area contributed by atoms with Crippen molar-refractivity contribution in [1.29, 1.82) is 0 Å². The lowest BCUT2D eigenvalue weighted by atomic mass is 9.98. The van der Waals surface area contributed by atoms with Gasteiger partial charge in [0.05, 0.1) is 23.6 Å².